The minimum absolute atomic E-state index is 0.0993. The molecule has 1 aliphatic carbocycles. The highest BCUT2D eigenvalue weighted by Crippen LogP contribution is 2.37. The molecule has 1 fully saturated rings. The molecule has 4 aromatic rings. The summed E-state index contributed by atoms with van der Waals surface area (Å²) in [5.74, 6) is -0.631. The fourth-order valence-electron chi connectivity index (χ4n) is 4.83. The van der Waals surface area contributed by atoms with Crippen molar-refractivity contribution < 1.29 is 27.9 Å². The number of benzene rings is 3. The molecule has 0 atom stereocenters. The van der Waals surface area contributed by atoms with Gasteiger partial charge in [0.05, 0.1) is 22.2 Å². The molecule has 190 valence electrons. The maximum atomic E-state index is 12.7. The SMILES string of the molecule is O=C(O)c1ccc2c(c1)nc(-c1ccc(C(=O)NCc3ccc(C(F)(F)F)cc3)cc1)n2C1CCCC1. The topological polar surface area (TPSA) is 84.2 Å². The number of nitrogens with one attached hydrogen (secondary N) is 1. The van der Waals surface area contributed by atoms with E-state index in [0.717, 1.165) is 54.7 Å². The second-order valence-corrected chi connectivity index (χ2v) is 9.21. The molecule has 1 saturated carbocycles. The average molecular weight is 508 g/mol. The second kappa shape index (κ2) is 9.72. The van der Waals surface area contributed by atoms with Crippen molar-refractivity contribution in [3.63, 3.8) is 0 Å². The first-order chi connectivity index (χ1) is 17.7. The third-order valence-electron chi connectivity index (χ3n) is 6.77. The van der Waals surface area contributed by atoms with Crippen LogP contribution in [0.5, 0.6) is 0 Å². The summed E-state index contributed by atoms with van der Waals surface area (Å²) in [6, 6.07) is 16.9. The number of imidazole rings is 1. The largest absolute Gasteiger partial charge is 0.478 e. The number of amides is 1. The summed E-state index contributed by atoms with van der Waals surface area (Å²) in [4.78, 5) is 28.9. The minimum Gasteiger partial charge on any atom is -0.478 e. The summed E-state index contributed by atoms with van der Waals surface area (Å²) in [7, 11) is 0. The van der Waals surface area contributed by atoms with Crippen LogP contribution in [0.3, 0.4) is 0 Å². The lowest BCUT2D eigenvalue weighted by molar-refractivity contribution is -0.137. The zero-order chi connectivity index (χ0) is 26.2. The fourth-order valence-corrected chi connectivity index (χ4v) is 4.83. The maximum Gasteiger partial charge on any atom is 0.416 e. The zero-order valence-corrected chi connectivity index (χ0v) is 19.8. The fraction of sp³-hybridized carbons (Fsp3) is 0.250. The molecule has 1 aromatic heterocycles. The number of carbonyl (C=O) groups is 2. The summed E-state index contributed by atoms with van der Waals surface area (Å²) in [5, 5.41) is 12.1. The van der Waals surface area contributed by atoms with E-state index in [4.69, 9.17) is 4.98 Å². The van der Waals surface area contributed by atoms with Gasteiger partial charge in [0.2, 0.25) is 0 Å². The van der Waals surface area contributed by atoms with Crippen LogP contribution < -0.4 is 5.32 Å². The predicted octanol–water partition coefficient (Wildman–Crippen LogP) is 6.47. The van der Waals surface area contributed by atoms with E-state index in [0.29, 0.717) is 16.6 Å². The number of carboxylic acids is 1. The maximum absolute atomic E-state index is 12.7. The Morgan fingerprint density at radius 3 is 2.22 bits per heavy atom. The molecule has 2 N–H and O–H groups in total. The number of hydrogen-bond acceptors (Lipinski definition) is 3. The first kappa shape index (κ1) is 24.5. The number of aromatic carboxylic acids is 1. The monoisotopic (exact) mass is 507 g/mol. The molecule has 0 aliphatic heterocycles. The number of rotatable bonds is 6. The summed E-state index contributed by atoms with van der Waals surface area (Å²) in [6.07, 6.45) is -0.127. The van der Waals surface area contributed by atoms with Crippen LogP contribution in [-0.4, -0.2) is 26.5 Å². The van der Waals surface area contributed by atoms with Gasteiger partial charge in [0.25, 0.3) is 5.91 Å². The van der Waals surface area contributed by atoms with E-state index >= 15 is 0 Å². The molecule has 0 spiro atoms. The van der Waals surface area contributed by atoms with Gasteiger partial charge in [0, 0.05) is 23.7 Å². The van der Waals surface area contributed by atoms with Crippen LogP contribution >= 0.6 is 0 Å². The Balaban J connectivity index is 1.36. The van der Waals surface area contributed by atoms with Gasteiger partial charge in [-0.1, -0.05) is 37.1 Å². The number of fused-ring (bicyclic) bond motifs is 1. The molecule has 5 rings (SSSR count). The van der Waals surface area contributed by atoms with Crippen LogP contribution in [0.25, 0.3) is 22.4 Å². The molecule has 0 unspecified atom stereocenters. The lowest BCUT2D eigenvalue weighted by Crippen LogP contribution is -2.22. The number of alkyl halides is 3. The summed E-state index contributed by atoms with van der Waals surface area (Å²) < 4.78 is 40.4. The molecular weight excluding hydrogens is 483 g/mol. The van der Waals surface area contributed by atoms with E-state index in [1.165, 1.54) is 12.1 Å². The van der Waals surface area contributed by atoms with Crippen molar-refractivity contribution in [1.82, 2.24) is 14.9 Å². The van der Waals surface area contributed by atoms with Crippen LogP contribution in [0, 0.1) is 0 Å². The standard InChI is InChI=1S/C28H24F3N3O3/c29-28(30,31)21-12-5-17(6-13-21)16-32-26(35)19-9-7-18(8-10-19)25-33-23-15-20(27(36)37)11-14-24(23)34(25)22-3-1-2-4-22/h5-15,22H,1-4,16H2,(H,32,35)(H,36,37). The molecule has 0 bridgehead atoms. The van der Waals surface area contributed by atoms with Gasteiger partial charge in [0.15, 0.2) is 0 Å². The van der Waals surface area contributed by atoms with Gasteiger partial charge in [-0.05, 0) is 60.9 Å². The third kappa shape index (κ3) is 5.07. The molecular formula is C28H24F3N3O3. The van der Waals surface area contributed by atoms with Crippen LogP contribution in [0.1, 0.15) is 63.6 Å². The Labute approximate surface area is 210 Å². The number of aromatic nitrogens is 2. The third-order valence-corrected chi connectivity index (χ3v) is 6.77. The van der Waals surface area contributed by atoms with Crippen molar-refractivity contribution in [2.45, 2.75) is 44.4 Å². The van der Waals surface area contributed by atoms with E-state index in [-0.39, 0.29) is 24.1 Å². The van der Waals surface area contributed by atoms with Crippen molar-refractivity contribution in [3.05, 3.63) is 89.0 Å². The summed E-state index contributed by atoms with van der Waals surface area (Å²) in [5.41, 5.74) is 2.71. The number of hydrogen-bond donors (Lipinski definition) is 2. The Hall–Kier alpha value is -4.14. The molecule has 6 nitrogen and oxygen atoms in total. The van der Waals surface area contributed by atoms with Gasteiger partial charge in [-0.2, -0.15) is 13.2 Å². The second-order valence-electron chi connectivity index (χ2n) is 9.21. The summed E-state index contributed by atoms with van der Waals surface area (Å²) in [6.45, 7) is 0.0993. The molecule has 0 saturated heterocycles. The normalized spacial score (nSPS) is 14.2. The van der Waals surface area contributed by atoms with E-state index in [2.05, 4.69) is 9.88 Å². The average Bonchev–Trinajstić information content (AvgIpc) is 3.54. The highest BCUT2D eigenvalue weighted by Gasteiger charge is 2.30. The van der Waals surface area contributed by atoms with Gasteiger partial charge < -0.3 is 15.0 Å². The van der Waals surface area contributed by atoms with Crippen molar-refractivity contribution in [2.75, 3.05) is 0 Å². The lowest BCUT2D eigenvalue weighted by Gasteiger charge is -2.17. The Bertz CT molecular complexity index is 1450. The van der Waals surface area contributed by atoms with Crippen LogP contribution in [0.15, 0.2) is 66.7 Å². The molecule has 1 amide bonds. The zero-order valence-electron chi connectivity index (χ0n) is 19.8. The van der Waals surface area contributed by atoms with Gasteiger partial charge in [0.1, 0.15) is 5.82 Å². The Morgan fingerprint density at radius 1 is 0.946 bits per heavy atom. The molecule has 9 heteroatoms. The number of nitrogens with zero attached hydrogens (tertiary/aromatic N) is 2. The van der Waals surface area contributed by atoms with Crippen molar-refractivity contribution in [1.29, 1.82) is 0 Å². The highest BCUT2D eigenvalue weighted by molar-refractivity contribution is 5.95. The molecule has 37 heavy (non-hydrogen) atoms. The first-order valence-corrected chi connectivity index (χ1v) is 12.0. The van der Waals surface area contributed by atoms with Crippen molar-refractivity contribution in [3.8, 4) is 11.4 Å². The predicted molar refractivity (Wildman–Crippen MR) is 132 cm³/mol. The quantitative estimate of drug-likeness (QED) is 0.314. The number of carbonyl (C=O) groups excluding carboxylic acids is 1. The van der Waals surface area contributed by atoms with Gasteiger partial charge in [-0.3, -0.25) is 4.79 Å². The minimum atomic E-state index is -4.40. The van der Waals surface area contributed by atoms with Crippen LogP contribution in [0.2, 0.25) is 0 Å². The number of halogens is 3. The summed E-state index contributed by atoms with van der Waals surface area (Å²) >= 11 is 0. The van der Waals surface area contributed by atoms with E-state index < -0.39 is 17.7 Å². The highest BCUT2D eigenvalue weighted by atomic mass is 19.4. The van der Waals surface area contributed by atoms with Gasteiger partial charge in [-0.15, -0.1) is 0 Å². The molecule has 1 aliphatic rings. The molecule has 3 aromatic carbocycles. The first-order valence-electron chi connectivity index (χ1n) is 12.0. The van der Waals surface area contributed by atoms with Gasteiger partial charge >= 0.3 is 12.1 Å². The van der Waals surface area contributed by atoms with Crippen LogP contribution in [0.4, 0.5) is 13.2 Å². The Kier molecular flexibility index (Phi) is 6.45. The van der Waals surface area contributed by atoms with Crippen molar-refractivity contribution >= 4 is 22.9 Å². The Morgan fingerprint density at radius 2 is 1.59 bits per heavy atom. The van der Waals surface area contributed by atoms with Crippen molar-refractivity contribution in [2.24, 2.45) is 0 Å². The number of carboxylic acid groups (broad SMARTS) is 1. The smallest absolute Gasteiger partial charge is 0.416 e. The molecule has 0 radical (unpaired) electrons. The van der Waals surface area contributed by atoms with E-state index in [1.807, 2.05) is 0 Å². The van der Waals surface area contributed by atoms with Crippen LogP contribution in [-0.2, 0) is 12.7 Å². The van der Waals surface area contributed by atoms with Gasteiger partial charge in [-0.25, -0.2) is 9.78 Å². The van der Waals surface area contributed by atoms with E-state index in [1.54, 1.807) is 42.5 Å². The molecule has 1 heterocycles. The van der Waals surface area contributed by atoms with E-state index in [9.17, 15) is 27.9 Å². The lowest BCUT2D eigenvalue weighted by atomic mass is 10.1.